The average molecular weight is 238 g/mol. The quantitative estimate of drug-likeness (QED) is 0.703. The first kappa shape index (κ1) is 13.5. The zero-order chi connectivity index (χ0) is 12.2. The summed E-state index contributed by atoms with van der Waals surface area (Å²) in [4.78, 5) is 10.9. The lowest BCUT2D eigenvalue weighted by Crippen LogP contribution is -2.55. The highest BCUT2D eigenvalue weighted by Gasteiger charge is 2.60. The molecule has 0 aromatic heterocycles. The summed E-state index contributed by atoms with van der Waals surface area (Å²) in [6, 6.07) is 0. The molecule has 5 heteroatoms. The first-order chi connectivity index (χ1) is 7.48. The van der Waals surface area contributed by atoms with Crippen molar-refractivity contribution in [3.63, 3.8) is 0 Å². The summed E-state index contributed by atoms with van der Waals surface area (Å²) >= 11 is 0. The average Bonchev–Trinajstić information content (AvgIpc) is 2.25. The summed E-state index contributed by atoms with van der Waals surface area (Å²) in [5.74, 6) is -0.723. The summed E-state index contributed by atoms with van der Waals surface area (Å²) in [5, 5.41) is 0. The molecule has 1 aliphatic carbocycles. The molecular weight excluding hydrogens is 221 g/mol. The van der Waals surface area contributed by atoms with E-state index < -0.39 is 17.7 Å². The van der Waals surface area contributed by atoms with Crippen LogP contribution in [-0.4, -0.2) is 24.7 Å². The van der Waals surface area contributed by atoms with E-state index in [2.05, 4.69) is 0 Å². The third-order valence-corrected chi connectivity index (χ3v) is 3.21. The van der Waals surface area contributed by atoms with Crippen LogP contribution in [0.5, 0.6) is 0 Å². The van der Waals surface area contributed by atoms with Gasteiger partial charge < -0.3 is 4.74 Å². The van der Waals surface area contributed by atoms with E-state index in [0.29, 0.717) is 12.8 Å². The summed E-state index contributed by atoms with van der Waals surface area (Å²) < 4.78 is 43.8. The van der Waals surface area contributed by atoms with E-state index in [0.717, 1.165) is 19.3 Å². The van der Waals surface area contributed by atoms with Crippen LogP contribution in [0.2, 0.25) is 0 Å². The third kappa shape index (κ3) is 2.39. The monoisotopic (exact) mass is 238 g/mol. The van der Waals surface area contributed by atoms with E-state index in [1.54, 1.807) is 0 Å². The molecule has 1 saturated carbocycles. The maximum Gasteiger partial charge on any atom is 0.424 e. The molecule has 1 rings (SSSR count). The van der Waals surface area contributed by atoms with Crippen LogP contribution in [0.1, 0.15) is 39.0 Å². The van der Waals surface area contributed by atoms with Gasteiger partial charge in [-0.1, -0.05) is 19.3 Å². The van der Waals surface area contributed by atoms with Crippen LogP contribution in [0.4, 0.5) is 13.2 Å². The molecule has 16 heavy (non-hydrogen) atoms. The van der Waals surface area contributed by atoms with Gasteiger partial charge >= 0.3 is 6.18 Å². The molecule has 0 heterocycles. The zero-order valence-corrected chi connectivity index (χ0v) is 9.35. The van der Waals surface area contributed by atoms with Crippen molar-refractivity contribution in [2.24, 2.45) is 5.92 Å². The van der Waals surface area contributed by atoms with Crippen LogP contribution in [0.3, 0.4) is 0 Å². The maximum absolute atomic E-state index is 13.0. The van der Waals surface area contributed by atoms with E-state index in [1.165, 1.54) is 6.92 Å². The zero-order valence-electron chi connectivity index (χ0n) is 9.35. The molecular formula is C11H17F3O2. The molecule has 1 atom stereocenters. The molecule has 94 valence electrons. The topological polar surface area (TPSA) is 26.3 Å². The number of carbonyl (C=O) groups is 1. The fraction of sp³-hybridized carbons (Fsp3) is 0.909. The highest BCUT2D eigenvalue weighted by Crippen LogP contribution is 2.44. The van der Waals surface area contributed by atoms with Crippen molar-refractivity contribution in [1.29, 1.82) is 0 Å². The Labute approximate surface area is 93.2 Å². The van der Waals surface area contributed by atoms with Gasteiger partial charge in [-0.2, -0.15) is 13.2 Å². The van der Waals surface area contributed by atoms with Gasteiger partial charge in [0.1, 0.15) is 0 Å². The second-order valence-corrected chi connectivity index (χ2v) is 4.18. The molecule has 1 aliphatic rings. The Bertz CT molecular complexity index is 234. The van der Waals surface area contributed by atoms with Crippen LogP contribution in [0, 0.1) is 5.92 Å². The van der Waals surface area contributed by atoms with Crippen molar-refractivity contribution in [1.82, 2.24) is 0 Å². The van der Waals surface area contributed by atoms with Crippen LogP contribution in [0.15, 0.2) is 0 Å². The minimum atomic E-state index is -4.62. The number of hydrogen-bond acceptors (Lipinski definition) is 2. The van der Waals surface area contributed by atoms with Gasteiger partial charge in [-0.3, -0.25) is 4.79 Å². The molecule has 2 nitrogen and oxygen atoms in total. The predicted molar refractivity (Wildman–Crippen MR) is 53.1 cm³/mol. The maximum atomic E-state index is 13.0. The smallest absolute Gasteiger partial charge is 0.359 e. The van der Waals surface area contributed by atoms with Crippen molar-refractivity contribution in [2.75, 3.05) is 6.61 Å². The normalized spacial score (nSPS) is 22.8. The number of alkyl halides is 3. The Balaban J connectivity index is 2.95. The van der Waals surface area contributed by atoms with Crippen molar-refractivity contribution in [2.45, 2.75) is 50.8 Å². The fourth-order valence-electron chi connectivity index (χ4n) is 2.40. The molecule has 0 aromatic rings. The van der Waals surface area contributed by atoms with Gasteiger partial charge in [0.25, 0.3) is 0 Å². The number of halogens is 3. The first-order valence-corrected chi connectivity index (χ1v) is 5.65. The molecule has 0 aliphatic heterocycles. The molecule has 0 amide bonds. The van der Waals surface area contributed by atoms with Gasteiger partial charge in [0.15, 0.2) is 6.29 Å². The summed E-state index contributed by atoms with van der Waals surface area (Å²) in [7, 11) is 0. The van der Waals surface area contributed by atoms with Crippen molar-refractivity contribution < 1.29 is 22.7 Å². The SMILES string of the molecule is CCOC(C=O)(C1CCCCC1)C(F)(F)F. The van der Waals surface area contributed by atoms with Crippen LogP contribution < -0.4 is 0 Å². The second kappa shape index (κ2) is 5.17. The standard InChI is InChI=1S/C11H17F3O2/c1-2-16-10(8-15,11(12,13)14)9-6-4-3-5-7-9/h8-9H,2-7H2,1H3. The van der Waals surface area contributed by atoms with Gasteiger partial charge in [0.2, 0.25) is 5.60 Å². The fourth-order valence-corrected chi connectivity index (χ4v) is 2.40. The molecule has 1 unspecified atom stereocenters. The van der Waals surface area contributed by atoms with Gasteiger partial charge in [0.05, 0.1) is 0 Å². The minimum Gasteiger partial charge on any atom is -0.359 e. The van der Waals surface area contributed by atoms with Gasteiger partial charge in [-0.25, -0.2) is 0 Å². The van der Waals surface area contributed by atoms with Crippen LogP contribution >= 0.6 is 0 Å². The molecule has 1 fully saturated rings. The van der Waals surface area contributed by atoms with E-state index in [-0.39, 0.29) is 12.9 Å². The summed E-state index contributed by atoms with van der Waals surface area (Å²) in [5.41, 5.74) is -2.58. The number of ether oxygens (including phenoxy) is 1. The van der Waals surface area contributed by atoms with Gasteiger partial charge in [0, 0.05) is 12.5 Å². The number of rotatable bonds is 4. The first-order valence-electron chi connectivity index (χ1n) is 5.65. The number of aldehydes is 1. The van der Waals surface area contributed by atoms with E-state index >= 15 is 0 Å². The van der Waals surface area contributed by atoms with Crippen LogP contribution in [-0.2, 0) is 9.53 Å². The molecule has 0 spiro atoms. The minimum absolute atomic E-state index is 0.0491. The summed E-state index contributed by atoms with van der Waals surface area (Å²) in [6.45, 7) is 1.38. The predicted octanol–water partition coefficient (Wildman–Crippen LogP) is 3.10. The molecule has 0 bridgehead atoms. The Morgan fingerprint density at radius 1 is 1.25 bits per heavy atom. The molecule has 0 radical (unpaired) electrons. The lowest BCUT2D eigenvalue weighted by Gasteiger charge is -2.39. The Morgan fingerprint density at radius 2 is 1.81 bits per heavy atom. The second-order valence-electron chi connectivity index (χ2n) is 4.18. The van der Waals surface area contributed by atoms with Crippen molar-refractivity contribution in [3.8, 4) is 0 Å². The van der Waals surface area contributed by atoms with E-state index in [1.807, 2.05) is 0 Å². The molecule has 0 aromatic carbocycles. The molecule has 0 saturated heterocycles. The number of hydrogen-bond donors (Lipinski definition) is 0. The summed E-state index contributed by atoms with van der Waals surface area (Å²) in [6.07, 6.45) is -1.42. The number of carbonyl (C=O) groups excluding carboxylic acids is 1. The Hall–Kier alpha value is -0.580. The third-order valence-electron chi connectivity index (χ3n) is 3.21. The Kier molecular flexibility index (Phi) is 4.35. The highest BCUT2D eigenvalue weighted by molar-refractivity contribution is 5.65. The van der Waals surface area contributed by atoms with Crippen molar-refractivity contribution in [3.05, 3.63) is 0 Å². The van der Waals surface area contributed by atoms with Crippen LogP contribution in [0.25, 0.3) is 0 Å². The Morgan fingerprint density at radius 3 is 2.19 bits per heavy atom. The lowest BCUT2D eigenvalue weighted by molar-refractivity contribution is -0.279. The van der Waals surface area contributed by atoms with E-state index in [9.17, 15) is 18.0 Å². The lowest BCUT2D eigenvalue weighted by atomic mass is 9.77. The van der Waals surface area contributed by atoms with Gasteiger partial charge in [-0.05, 0) is 19.8 Å². The molecule has 0 N–H and O–H groups in total. The van der Waals surface area contributed by atoms with E-state index in [4.69, 9.17) is 4.74 Å². The van der Waals surface area contributed by atoms with Gasteiger partial charge in [-0.15, -0.1) is 0 Å². The van der Waals surface area contributed by atoms with Crippen molar-refractivity contribution >= 4 is 6.29 Å². The highest BCUT2D eigenvalue weighted by atomic mass is 19.4. The largest absolute Gasteiger partial charge is 0.424 e.